The van der Waals surface area contributed by atoms with E-state index < -0.39 is 31.9 Å². The van der Waals surface area contributed by atoms with Gasteiger partial charge in [0.2, 0.25) is 10.0 Å². The van der Waals surface area contributed by atoms with Crippen molar-refractivity contribution in [2.45, 2.75) is 43.8 Å². The molecule has 0 saturated carbocycles. The first kappa shape index (κ1) is 16.2. The number of nitrogens with zero attached hydrogens (tertiary/aromatic N) is 1. The van der Waals surface area contributed by atoms with E-state index in [9.17, 15) is 12.8 Å². The number of hydrogen-bond acceptors (Lipinski definition) is 4. The van der Waals surface area contributed by atoms with Crippen LogP contribution in [-0.2, 0) is 14.8 Å². The third kappa shape index (κ3) is 3.36. The number of rotatable bonds is 2. The maximum atomic E-state index is 13.9. The van der Waals surface area contributed by atoms with Crippen LogP contribution >= 0.6 is 0 Å². The number of sulfonamides is 1. The largest absolute Gasteiger partial charge is 0.399 e. The molecule has 0 unspecified atom stereocenters. The Morgan fingerprint density at radius 1 is 1.19 bits per heavy atom. The molecule has 1 fully saturated rings. The molecular weight excluding hydrogens is 295 g/mol. The smallest absolute Gasteiger partial charge is 0.246 e. The van der Waals surface area contributed by atoms with Gasteiger partial charge in [-0.3, -0.25) is 0 Å². The van der Waals surface area contributed by atoms with Crippen LogP contribution in [-0.4, -0.2) is 37.0 Å². The molecule has 2 rings (SSSR count). The van der Waals surface area contributed by atoms with Crippen LogP contribution in [0.15, 0.2) is 23.1 Å². The number of halogens is 1. The topological polar surface area (TPSA) is 72.6 Å². The summed E-state index contributed by atoms with van der Waals surface area (Å²) in [7, 11) is -3.96. The highest BCUT2D eigenvalue weighted by molar-refractivity contribution is 7.89. The van der Waals surface area contributed by atoms with E-state index in [1.807, 2.05) is 27.7 Å². The first-order valence-corrected chi connectivity index (χ1v) is 8.12. The SMILES string of the molecule is CC1(C)CN(S(=O)(=O)c2cc(N)ccc2F)CC(C)(C)O1. The predicted molar refractivity (Wildman–Crippen MR) is 78.8 cm³/mol. The van der Waals surface area contributed by atoms with E-state index in [4.69, 9.17) is 10.5 Å². The van der Waals surface area contributed by atoms with Gasteiger partial charge in [0.1, 0.15) is 10.7 Å². The Bertz CT molecular complexity index is 640. The molecule has 1 aromatic carbocycles. The number of nitrogen functional groups attached to an aromatic ring is 1. The van der Waals surface area contributed by atoms with Gasteiger partial charge in [0, 0.05) is 18.8 Å². The van der Waals surface area contributed by atoms with Gasteiger partial charge in [-0.1, -0.05) is 0 Å². The van der Waals surface area contributed by atoms with Crippen molar-refractivity contribution >= 4 is 15.7 Å². The second-order valence-electron chi connectivity index (χ2n) is 6.58. The lowest BCUT2D eigenvalue weighted by Gasteiger charge is -2.46. The molecule has 1 aliphatic rings. The number of ether oxygens (including phenoxy) is 1. The van der Waals surface area contributed by atoms with Gasteiger partial charge >= 0.3 is 0 Å². The van der Waals surface area contributed by atoms with Gasteiger partial charge < -0.3 is 10.5 Å². The van der Waals surface area contributed by atoms with Gasteiger partial charge in [-0.05, 0) is 45.9 Å². The molecule has 0 aromatic heterocycles. The minimum absolute atomic E-state index is 0.160. The average molecular weight is 316 g/mol. The number of benzene rings is 1. The van der Waals surface area contributed by atoms with Crippen molar-refractivity contribution in [1.29, 1.82) is 0 Å². The summed E-state index contributed by atoms with van der Waals surface area (Å²) in [5, 5.41) is 0. The molecule has 21 heavy (non-hydrogen) atoms. The van der Waals surface area contributed by atoms with Crippen molar-refractivity contribution in [2.24, 2.45) is 0 Å². The fourth-order valence-corrected chi connectivity index (χ4v) is 4.58. The third-order valence-corrected chi connectivity index (χ3v) is 5.05. The average Bonchev–Trinajstić information content (AvgIpc) is 2.28. The van der Waals surface area contributed by atoms with Crippen LogP contribution in [0.25, 0.3) is 0 Å². The van der Waals surface area contributed by atoms with Crippen LogP contribution in [0.2, 0.25) is 0 Å². The lowest BCUT2D eigenvalue weighted by molar-refractivity contribution is -0.163. The minimum Gasteiger partial charge on any atom is -0.399 e. The quantitative estimate of drug-likeness (QED) is 0.847. The van der Waals surface area contributed by atoms with Crippen molar-refractivity contribution in [2.75, 3.05) is 18.8 Å². The Morgan fingerprint density at radius 3 is 2.24 bits per heavy atom. The lowest BCUT2D eigenvalue weighted by Crippen LogP contribution is -2.58. The molecule has 7 heteroatoms. The Hall–Kier alpha value is -1.18. The molecule has 0 atom stereocenters. The summed E-state index contributed by atoms with van der Waals surface area (Å²) < 4.78 is 46.4. The molecule has 2 N–H and O–H groups in total. The Morgan fingerprint density at radius 2 is 1.71 bits per heavy atom. The summed E-state index contributed by atoms with van der Waals surface area (Å²) in [5.41, 5.74) is 4.50. The highest BCUT2D eigenvalue weighted by atomic mass is 32.2. The standard InChI is InChI=1S/C14H21FN2O3S/c1-13(2)8-17(9-14(3,4)20-13)21(18,19)12-7-10(16)5-6-11(12)15/h5-7H,8-9,16H2,1-4H3. The molecule has 0 spiro atoms. The Balaban J connectivity index is 2.46. The second-order valence-corrected chi connectivity index (χ2v) is 8.49. The zero-order valence-corrected chi connectivity index (χ0v) is 13.5. The highest BCUT2D eigenvalue weighted by Crippen LogP contribution is 2.32. The van der Waals surface area contributed by atoms with Crippen LogP contribution in [0.5, 0.6) is 0 Å². The van der Waals surface area contributed by atoms with E-state index in [-0.39, 0.29) is 18.8 Å². The fraction of sp³-hybridized carbons (Fsp3) is 0.571. The molecule has 0 bridgehead atoms. The molecule has 5 nitrogen and oxygen atoms in total. The summed E-state index contributed by atoms with van der Waals surface area (Å²) in [6, 6.07) is 3.56. The fourth-order valence-electron chi connectivity index (χ4n) is 2.74. The second kappa shape index (κ2) is 4.93. The normalized spacial score (nSPS) is 22.1. The van der Waals surface area contributed by atoms with Gasteiger partial charge in [0.05, 0.1) is 11.2 Å². The van der Waals surface area contributed by atoms with Crippen LogP contribution in [0.3, 0.4) is 0 Å². The van der Waals surface area contributed by atoms with E-state index in [1.54, 1.807) is 0 Å². The summed E-state index contributed by atoms with van der Waals surface area (Å²) in [6.45, 7) is 7.57. The van der Waals surface area contributed by atoms with E-state index in [0.29, 0.717) is 0 Å². The third-order valence-electron chi connectivity index (χ3n) is 3.24. The summed E-state index contributed by atoms with van der Waals surface area (Å²) in [6.07, 6.45) is 0. The first-order chi connectivity index (χ1) is 9.43. The number of hydrogen-bond donors (Lipinski definition) is 1. The number of nitrogens with two attached hydrogens (primary N) is 1. The van der Waals surface area contributed by atoms with Crippen LogP contribution < -0.4 is 5.73 Å². The predicted octanol–water partition coefficient (Wildman–Crippen LogP) is 1.99. The Kier molecular flexibility index (Phi) is 3.80. The molecular formula is C14H21FN2O3S. The molecule has 0 aliphatic carbocycles. The maximum absolute atomic E-state index is 13.9. The van der Waals surface area contributed by atoms with E-state index in [1.165, 1.54) is 10.4 Å². The van der Waals surface area contributed by atoms with Gasteiger partial charge in [0.25, 0.3) is 0 Å². The van der Waals surface area contributed by atoms with E-state index in [0.717, 1.165) is 12.1 Å². The summed E-state index contributed by atoms with van der Waals surface area (Å²) in [4.78, 5) is -0.393. The molecule has 0 amide bonds. The molecule has 118 valence electrons. The van der Waals surface area contributed by atoms with Crippen molar-refractivity contribution in [3.05, 3.63) is 24.0 Å². The van der Waals surface area contributed by atoms with Crippen molar-refractivity contribution in [1.82, 2.24) is 4.31 Å². The van der Waals surface area contributed by atoms with Gasteiger partial charge in [-0.15, -0.1) is 0 Å². The van der Waals surface area contributed by atoms with E-state index in [2.05, 4.69) is 0 Å². The first-order valence-electron chi connectivity index (χ1n) is 6.68. The molecule has 1 heterocycles. The van der Waals surface area contributed by atoms with Crippen LogP contribution in [0, 0.1) is 5.82 Å². The van der Waals surface area contributed by atoms with Crippen LogP contribution in [0.1, 0.15) is 27.7 Å². The van der Waals surface area contributed by atoms with Crippen molar-refractivity contribution in [3.8, 4) is 0 Å². The van der Waals surface area contributed by atoms with Gasteiger partial charge in [-0.25, -0.2) is 12.8 Å². The minimum atomic E-state index is -3.96. The number of morpholine rings is 1. The van der Waals surface area contributed by atoms with Crippen LogP contribution in [0.4, 0.5) is 10.1 Å². The monoisotopic (exact) mass is 316 g/mol. The molecule has 1 saturated heterocycles. The summed E-state index contributed by atoms with van der Waals surface area (Å²) in [5.74, 6) is -0.800. The highest BCUT2D eigenvalue weighted by Gasteiger charge is 2.43. The molecule has 1 aliphatic heterocycles. The van der Waals surface area contributed by atoms with Crippen molar-refractivity contribution < 1.29 is 17.5 Å². The van der Waals surface area contributed by atoms with Gasteiger partial charge in [-0.2, -0.15) is 4.31 Å². The summed E-state index contributed by atoms with van der Waals surface area (Å²) >= 11 is 0. The maximum Gasteiger partial charge on any atom is 0.246 e. The molecule has 1 aromatic rings. The Labute approximate surface area is 124 Å². The zero-order valence-electron chi connectivity index (χ0n) is 12.7. The van der Waals surface area contributed by atoms with Gasteiger partial charge in [0.15, 0.2) is 0 Å². The lowest BCUT2D eigenvalue weighted by atomic mass is 10.0. The van der Waals surface area contributed by atoms with Crippen molar-refractivity contribution in [3.63, 3.8) is 0 Å². The molecule has 0 radical (unpaired) electrons. The van der Waals surface area contributed by atoms with E-state index >= 15 is 0 Å². The number of anilines is 1. The zero-order chi connectivity index (χ0) is 16.1.